The van der Waals surface area contributed by atoms with Gasteiger partial charge in [0.25, 0.3) is 31.9 Å². The molecule has 20 heteroatoms. The van der Waals surface area contributed by atoms with Gasteiger partial charge in [-0.2, -0.15) is 18.9 Å². The lowest BCUT2D eigenvalue weighted by Gasteiger charge is -2.41. The van der Waals surface area contributed by atoms with Gasteiger partial charge in [-0.25, -0.2) is 26.2 Å². The largest absolute Gasteiger partial charge is 0.351 e. The van der Waals surface area contributed by atoms with E-state index in [1.165, 1.54) is 58.4 Å². The van der Waals surface area contributed by atoms with Crippen molar-refractivity contribution in [2.24, 2.45) is 29.7 Å². The molecule has 61 heavy (non-hydrogen) atoms. The number of amides is 2. The smallest absolute Gasteiger partial charge is 0.264 e. The molecule has 330 valence electrons. The zero-order chi connectivity index (χ0) is 43.6. The van der Waals surface area contributed by atoms with Gasteiger partial charge in [-0.15, -0.1) is 5.10 Å². The number of imidazole rings is 1. The van der Waals surface area contributed by atoms with E-state index in [-0.39, 0.29) is 37.4 Å². The van der Waals surface area contributed by atoms with E-state index < -0.39 is 31.8 Å². The molecule has 0 bridgehead atoms. The van der Waals surface area contributed by atoms with Crippen molar-refractivity contribution >= 4 is 55.1 Å². The number of aromatic amines is 1. The molecule has 4 aromatic rings. The summed E-state index contributed by atoms with van der Waals surface area (Å²) in [6.45, 7) is 4.35. The molecule has 4 fully saturated rings. The number of rotatable bonds is 14. The minimum Gasteiger partial charge on any atom is -0.351 e. The van der Waals surface area contributed by atoms with Gasteiger partial charge in [0, 0.05) is 52.5 Å². The van der Waals surface area contributed by atoms with Crippen LogP contribution in [-0.4, -0.2) is 101 Å². The van der Waals surface area contributed by atoms with Crippen LogP contribution in [0.25, 0.3) is 0 Å². The number of nitrogens with one attached hydrogen (secondary N) is 3. The van der Waals surface area contributed by atoms with E-state index in [0.29, 0.717) is 87.4 Å². The predicted molar refractivity (Wildman–Crippen MR) is 227 cm³/mol. The number of benzene rings is 2. The molecule has 2 aromatic carbocycles. The van der Waals surface area contributed by atoms with Gasteiger partial charge in [0.2, 0.25) is 5.03 Å². The normalized spacial score (nSPS) is 19.4. The Morgan fingerprint density at radius 2 is 1.38 bits per heavy atom. The van der Waals surface area contributed by atoms with Gasteiger partial charge >= 0.3 is 0 Å². The number of carbonyl (C=O) groups is 2. The highest BCUT2D eigenvalue weighted by Crippen LogP contribution is 2.47. The van der Waals surface area contributed by atoms with Gasteiger partial charge in [-0.05, 0) is 97.9 Å². The summed E-state index contributed by atoms with van der Waals surface area (Å²) in [5, 5.41) is 16.1. The fourth-order valence-electron chi connectivity index (χ4n) is 8.52. The third-order valence-electron chi connectivity index (χ3n) is 12.5. The van der Waals surface area contributed by atoms with E-state index in [1.807, 2.05) is 13.0 Å². The van der Waals surface area contributed by atoms with Crippen LogP contribution in [0.1, 0.15) is 90.5 Å². The molecule has 0 atom stereocenters. The topological polar surface area (TPSA) is 192 Å². The van der Waals surface area contributed by atoms with Crippen LogP contribution in [-0.2, 0) is 27.1 Å². The van der Waals surface area contributed by atoms with Crippen molar-refractivity contribution in [3.63, 3.8) is 0 Å². The molecule has 0 unspecified atom stereocenters. The van der Waals surface area contributed by atoms with Crippen molar-refractivity contribution in [1.82, 2.24) is 44.2 Å². The Morgan fingerprint density at radius 3 is 1.85 bits per heavy atom. The molecule has 2 saturated heterocycles. The standard InChI is InChI=1S/C21H26ClFN4O3S.C20H26ClN5O3S/c1-26-12-18(25-14-26)31(29,30)27-9-7-21(8-10-27,11-15-5-6-15)13-24-20(28)19-16(22)3-2-4-17(19)23;1-14-2-5-16(17(21)10-14)19(27)22-13-20(11-15-3-4-15)6-8-26(9-7-20)30(28,29)18-12-23-25-24-18/h2-4,12,14-15H,5-11,13H2,1H3,(H,24,28);2,5,10,12,15H,3-4,6-9,11,13H2,1H3,(H,22,27)(H,23,24,25). The summed E-state index contributed by atoms with van der Waals surface area (Å²) < 4.78 is 69.9. The summed E-state index contributed by atoms with van der Waals surface area (Å²) in [4.78, 5) is 29.3. The van der Waals surface area contributed by atoms with E-state index in [0.717, 1.165) is 31.2 Å². The molecular formula is C41H52Cl2FN9O6S2. The Kier molecular flexibility index (Phi) is 13.6. The molecule has 2 aliphatic carbocycles. The molecule has 4 heterocycles. The number of carbonyl (C=O) groups excluding carboxylic acids is 2. The number of sulfonamides is 2. The van der Waals surface area contributed by atoms with Gasteiger partial charge in [0.1, 0.15) is 5.82 Å². The van der Waals surface area contributed by atoms with Gasteiger partial charge in [0.15, 0.2) is 5.03 Å². The first-order valence-corrected chi connectivity index (χ1v) is 24.2. The molecule has 8 rings (SSSR count). The van der Waals surface area contributed by atoms with Crippen LogP contribution < -0.4 is 10.6 Å². The number of piperidine rings is 2. The number of hydrogen-bond acceptors (Lipinski definition) is 9. The summed E-state index contributed by atoms with van der Waals surface area (Å²) in [5.74, 6) is -0.108. The summed E-state index contributed by atoms with van der Waals surface area (Å²) in [7, 11) is -5.56. The zero-order valence-corrected chi connectivity index (χ0v) is 37.4. The maximum Gasteiger partial charge on any atom is 0.264 e. The SMILES string of the molecule is Cc1ccc(C(=O)NCC2(CC3CC3)CCN(S(=O)(=O)c3cn[nH]n3)CC2)c(Cl)c1.Cn1cnc(S(=O)(=O)N2CCC(CNC(=O)c3c(F)cccc3Cl)(CC3CC3)CC2)c1. The van der Waals surface area contributed by atoms with Crippen molar-refractivity contribution < 1.29 is 30.8 Å². The average Bonchev–Trinajstić information content (AvgIpc) is 4.10. The second-order valence-corrected chi connectivity index (χ2v) is 21.8. The zero-order valence-electron chi connectivity index (χ0n) is 34.2. The first kappa shape index (κ1) is 45.1. The quantitative estimate of drug-likeness (QED) is 0.137. The molecule has 2 saturated carbocycles. The number of halogens is 3. The summed E-state index contributed by atoms with van der Waals surface area (Å²) in [5.41, 5.74) is 0.993. The van der Waals surface area contributed by atoms with Gasteiger partial charge in [-0.1, -0.05) is 61.0 Å². The number of aryl methyl sites for hydroxylation is 2. The Balaban J connectivity index is 0.000000184. The number of aromatic nitrogens is 5. The van der Waals surface area contributed by atoms with Crippen LogP contribution in [0.15, 0.2) is 65.2 Å². The number of H-pyrrole nitrogens is 1. The monoisotopic (exact) mass is 919 g/mol. The van der Waals surface area contributed by atoms with Gasteiger partial charge < -0.3 is 15.2 Å². The van der Waals surface area contributed by atoms with Crippen molar-refractivity contribution in [2.45, 2.75) is 81.2 Å². The van der Waals surface area contributed by atoms with Crippen LogP contribution in [0.3, 0.4) is 0 Å². The highest BCUT2D eigenvalue weighted by Gasteiger charge is 2.44. The average molecular weight is 921 g/mol. The summed E-state index contributed by atoms with van der Waals surface area (Å²) >= 11 is 12.3. The number of hydrogen-bond donors (Lipinski definition) is 3. The molecule has 2 aromatic heterocycles. The second kappa shape index (κ2) is 18.4. The van der Waals surface area contributed by atoms with Crippen LogP contribution in [0.4, 0.5) is 4.39 Å². The van der Waals surface area contributed by atoms with E-state index in [2.05, 4.69) is 31.0 Å². The van der Waals surface area contributed by atoms with Crippen LogP contribution in [0.2, 0.25) is 10.0 Å². The lowest BCUT2D eigenvalue weighted by Crippen LogP contribution is -2.48. The minimum absolute atomic E-state index is 0.0483. The van der Waals surface area contributed by atoms with Gasteiger partial charge in [0.05, 0.1) is 33.7 Å². The molecule has 4 aliphatic rings. The highest BCUT2D eigenvalue weighted by atomic mass is 35.5. The second-order valence-electron chi connectivity index (χ2n) is 17.2. The lowest BCUT2D eigenvalue weighted by atomic mass is 9.74. The van der Waals surface area contributed by atoms with Crippen molar-refractivity contribution in [2.75, 3.05) is 39.3 Å². The molecule has 0 radical (unpaired) electrons. The third kappa shape index (κ3) is 10.8. The maximum atomic E-state index is 14.1. The molecule has 3 N–H and O–H groups in total. The minimum atomic E-state index is -3.64. The maximum absolute atomic E-state index is 14.1. The Morgan fingerprint density at radius 1 is 0.820 bits per heavy atom. The first-order valence-electron chi connectivity index (χ1n) is 20.6. The van der Waals surface area contributed by atoms with E-state index >= 15 is 0 Å². The summed E-state index contributed by atoms with van der Waals surface area (Å²) in [6, 6.07) is 9.55. The third-order valence-corrected chi connectivity index (χ3v) is 16.7. The van der Waals surface area contributed by atoms with Crippen LogP contribution in [0, 0.1) is 35.4 Å². The first-order chi connectivity index (χ1) is 29.0. The Labute approximate surface area is 366 Å². The molecule has 2 amide bonds. The Bertz CT molecular complexity index is 2410. The highest BCUT2D eigenvalue weighted by molar-refractivity contribution is 7.89. The molecular weight excluding hydrogens is 869 g/mol. The van der Waals surface area contributed by atoms with E-state index in [1.54, 1.807) is 23.7 Å². The lowest BCUT2D eigenvalue weighted by molar-refractivity contribution is 0.0864. The molecule has 15 nitrogen and oxygen atoms in total. The Hall–Kier alpha value is -3.94. The fourth-order valence-corrected chi connectivity index (χ4v) is 11.8. The molecule has 0 spiro atoms. The summed E-state index contributed by atoms with van der Waals surface area (Å²) in [6.07, 6.45) is 13.5. The van der Waals surface area contributed by atoms with Crippen LogP contribution in [0.5, 0.6) is 0 Å². The van der Waals surface area contributed by atoms with E-state index in [9.17, 15) is 30.8 Å². The predicted octanol–water partition coefficient (Wildman–Crippen LogP) is 5.98. The van der Waals surface area contributed by atoms with Gasteiger partial charge in [-0.3, -0.25) is 9.59 Å². The van der Waals surface area contributed by atoms with Crippen molar-refractivity contribution in [3.05, 3.63) is 87.7 Å². The molecule has 2 aliphatic heterocycles. The van der Waals surface area contributed by atoms with Crippen molar-refractivity contribution in [1.29, 1.82) is 0 Å². The number of nitrogens with zero attached hydrogens (tertiary/aromatic N) is 6. The fraction of sp³-hybridized carbons (Fsp3) is 0.537. The van der Waals surface area contributed by atoms with Crippen LogP contribution >= 0.6 is 23.2 Å². The van der Waals surface area contributed by atoms with E-state index in [4.69, 9.17) is 23.2 Å². The van der Waals surface area contributed by atoms with Crippen molar-refractivity contribution in [3.8, 4) is 0 Å².